The third-order valence-electron chi connectivity index (χ3n) is 5.40. The van der Waals surface area contributed by atoms with Crippen LogP contribution < -0.4 is 0 Å². The molecule has 2 aliphatic rings. The fourth-order valence-electron chi connectivity index (χ4n) is 3.57. The van der Waals surface area contributed by atoms with E-state index in [0.29, 0.717) is 38.5 Å². The Morgan fingerprint density at radius 2 is 1.48 bits per heavy atom. The standard InChI is InChI=1S/C17H31N3O4S/c1-18(25(2,23)24)14-17(22)20-12-10-19(11-13-20)16(21)9-8-15-6-4-3-5-7-15/h15H,3-14H2,1-2H3. The van der Waals surface area contributed by atoms with E-state index in [1.807, 2.05) is 4.90 Å². The Morgan fingerprint density at radius 1 is 0.960 bits per heavy atom. The smallest absolute Gasteiger partial charge is 0.238 e. The Labute approximate surface area is 151 Å². The molecule has 1 saturated carbocycles. The molecule has 25 heavy (non-hydrogen) atoms. The maximum atomic E-state index is 12.4. The van der Waals surface area contributed by atoms with Gasteiger partial charge in [-0.15, -0.1) is 0 Å². The van der Waals surface area contributed by atoms with E-state index < -0.39 is 10.0 Å². The molecule has 0 unspecified atom stereocenters. The zero-order valence-electron chi connectivity index (χ0n) is 15.4. The van der Waals surface area contributed by atoms with Gasteiger partial charge in [0, 0.05) is 39.6 Å². The van der Waals surface area contributed by atoms with Crippen LogP contribution in [0.3, 0.4) is 0 Å². The maximum absolute atomic E-state index is 12.4. The molecule has 1 saturated heterocycles. The van der Waals surface area contributed by atoms with Crippen molar-refractivity contribution in [2.45, 2.75) is 44.9 Å². The highest BCUT2D eigenvalue weighted by molar-refractivity contribution is 7.88. The highest BCUT2D eigenvalue weighted by Crippen LogP contribution is 2.27. The summed E-state index contributed by atoms with van der Waals surface area (Å²) in [4.78, 5) is 28.0. The quantitative estimate of drug-likeness (QED) is 0.693. The van der Waals surface area contributed by atoms with Gasteiger partial charge in [-0.1, -0.05) is 32.1 Å². The molecule has 0 radical (unpaired) electrons. The summed E-state index contributed by atoms with van der Waals surface area (Å²) in [6.45, 7) is 1.89. The molecular weight excluding hydrogens is 342 g/mol. The lowest BCUT2D eigenvalue weighted by Gasteiger charge is -2.35. The van der Waals surface area contributed by atoms with Crippen LogP contribution in [0.25, 0.3) is 0 Å². The fourth-order valence-corrected chi connectivity index (χ4v) is 3.92. The van der Waals surface area contributed by atoms with E-state index >= 15 is 0 Å². The summed E-state index contributed by atoms with van der Waals surface area (Å²) in [6, 6.07) is 0. The Balaban J connectivity index is 1.71. The van der Waals surface area contributed by atoms with E-state index in [9.17, 15) is 18.0 Å². The van der Waals surface area contributed by atoms with Gasteiger partial charge in [-0.2, -0.15) is 4.31 Å². The minimum absolute atomic E-state index is 0.144. The van der Waals surface area contributed by atoms with Crippen LogP contribution in [-0.2, 0) is 19.6 Å². The summed E-state index contributed by atoms with van der Waals surface area (Å²) in [5.74, 6) is 0.681. The van der Waals surface area contributed by atoms with Crippen LogP contribution in [0.1, 0.15) is 44.9 Å². The van der Waals surface area contributed by atoms with E-state index in [-0.39, 0.29) is 18.4 Å². The van der Waals surface area contributed by atoms with Crippen molar-refractivity contribution in [2.75, 3.05) is 46.0 Å². The Bertz CT molecular complexity index is 564. The molecule has 1 aliphatic carbocycles. The molecular formula is C17H31N3O4S. The first kappa shape index (κ1) is 20.2. The Kier molecular flexibility index (Phi) is 7.25. The summed E-state index contributed by atoms with van der Waals surface area (Å²) in [5, 5.41) is 0. The topological polar surface area (TPSA) is 78.0 Å². The van der Waals surface area contributed by atoms with Crippen LogP contribution in [0.5, 0.6) is 0 Å². The van der Waals surface area contributed by atoms with Crippen molar-refractivity contribution in [3.63, 3.8) is 0 Å². The van der Waals surface area contributed by atoms with Gasteiger partial charge in [-0.25, -0.2) is 8.42 Å². The number of hydrogen-bond acceptors (Lipinski definition) is 4. The summed E-state index contributed by atoms with van der Waals surface area (Å²) in [7, 11) is -1.96. The zero-order valence-corrected chi connectivity index (χ0v) is 16.3. The molecule has 144 valence electrons. The molecule has 0 aromatic rings. The third kappa shape index (κ3) is 6.26. The minimum atomic E-state index is -3.36. The van der Waals surface area contributed by atoms with Crippen molar-refractivity contribution >= 4 is 21.8 Å². The highest BCUT2D eigenvalue weighted by atomic mass is 32.2. The number of hydrogen-bond donors (Lipinski definition) is 0. The first-order valence-electron chi connectivity index (χ1n) is 9.24. The Hall–Kier alpha value is -1.15. The normalized spacial score (nSPS) is 20.1. The van der Waals surface area contributed by atoms with Crippen molar-refractivity contribution < 1.29 is 18.0 Å². The molecule has 1 aliphatic heterocycles. The number of piperazine rings is 1. The van der Waals surface area contributed by atoms with E-state index in [1.165, 1.54) is 39.2 Å². The van der Waals surface area contributed by atoms with Crippen molar-refractivity contribution in [2.24, 2.45) is 5.92 Å². The largest absolute Gasteiger partial charge is 0.339 e. The first-order valence-corrected chi connectivity index (χ1v) is 11.1. The van der Waals surface area contributed by atoms with Gasteiger partial charge in [0.05, 0.1) is 12.8 Å². The molecule has 0 aromatic carbocycles. The predicted molar refractivity (Wildman–Crippen MR) is 96.4 cm³/mol. The number of carbonyl (C=O) groups is 2. The van der Waals surface area contributed by atoms with E-state index in [4.69, 9.17) is 0 Å². The maximum Gasteiger partial charge on any atom is 0.238 e. The fraction of sp³-hybridized carbons (Fsp3) is 0.882. The number of carbonyl (C=O) groups excluding carboxylic acids is 2. The summed E-state index contributed by atoms with van der Waals surface area (Å²) >= 11 is 0. The molecule has 7 nitrogen and oxygen atoms in total. The summed E-state index contributed by atoms with van der Waals surface area (Å²) in [6.07, 6.45) is 9.10. The van der Waals surface area contributed by atoms with Crippen molar-refractivity contribution in [1.29, 1.82) is 0 Å². The number of amides is 2. The van der Waals surface area contributed by atoms with Gasteiger partial charge in [0.25, 0.3) is 0 Å². The first-order chi connectivity index (χ1) is 11.8. The Morgan fingerprint density at radius 3 is 2.00 bits per heavy atom. The van der Waals surface area contributed by atoms with Gasteiger partial charge in [0.2, 0.25) is 21.8 Å². The van der Waals surface area contributed by atoms with Crippen molar-refractivity contribution in [3.8, 4) is 0 Å². The van der Waals surface area contributed by atoms with Crippen molar-refractivity contribution in [1.82, 2.24) is 14.1 Å². The van der Waals surface area contributed by atoms with Crippen LogP contribution in [0, 0.1) is 5.92 Å². The second kappa shape index (κ2) is 8.98. The van der Waals surface area contributed by atoms with Gasteiger partial charge in [0.15, 0.2) is 0 Å². The lowest BCUT2D eigenvalue weighted by molar-refractivity contribution is -0.139. The van der Waals surface area contributed by atoms with Gasteiger partial charge in [0.1, 0.15) is 0 Å². The molecule has 8 heteroatoms. The lowest BCUT2D eigenvalue weighted by Crippen LogP contribution is -2.52. The summed E-state index contributed by atoms with van der Waals surface area (Å²) in [5.41, 5.74) is 0. The lowest BCUT2D eigenvalue weighted by atomic mass is 9.86. The van der Waals surface area contributed by atoms with E-state index in [1.54, 1.807) is 4.90 Å². The van der Waals surface area contributed by atoms with Crippen LogP contribution in [-0.4, -0.2) is 80.4 Å². The molecule has 2 amide bonds. The van der Waals surface area contributed by atoms with Crippen LogP contribution in [0.4, 0.5) is 0 Å². The summed E-state index contributed by atoms with van der Waals surface area (Å²) < 4.78 is 23.8. The average molecular weight is 374 g/mol. The van der Waals surface area contributed by atoms with Gasteiger partial charge >= 0.3 is 0 Å². The van der Waals surface area contributed by atoms with Crippen LogP contribution in [0.15, 0.2) is 0 Å². The van der Waals surface area contributed by atoms with Gasteiger partial charge < -0.3 is 9.80 Å². The molecule has 2 fully saturated rings. The van der Waals surface area contributed by atoms with E-state index in [0.717, 1.165) is 17.0 Å². The molecule has 0 atom stereocenters. The zero-order chi connectivity index (χ0) is 18.4. The average Bonchev–Trinajstić information content (AvgIpc) is 2.59. The number of rotatable bonds is 6. The predicted octanol–water partition coefficient (Wildman–Crippen LogP) is 0.909. The number of likely N-dealkylation sites (N-methyl/N-ethyl adjacent to an activating group) is 1. The SMILES string of the molecule is CN(CC(=O)N1CCN(C(=O)CCC2CCCCC2)CC1)S(C)(=O)=O. The van der Waals surface area contributed by atoms with Gasteiger partial charge in [-0.3, -0.25) is 9.59 Å². The molecule has 1 heterocycles. The van der Waals surface area contributed by atoms with Crippen LogP contribution >= 0.6 is 0 Å². The monoisotopic (exact) mass is 373 g/mol. The number of sulfonamides is 1. The second-order valence-electron chi connectivity index (χ2n) is 7.32. The van der Waals surface area contributed by atoms with Crippen molar-refractivity contribution in [3.05, 3.63) is 0 Å². The number of nitrogens with zero attached hydrogens (tertiary/aromatic N) is 3. The molecule has 0 bridgehead atoms. The van der Waals surface area contributed by atoms with E-state index in [2.05, 4.69) is 0 Å². The minimum Gasteiger partial charge on any atom is -0.339 e. The third-order valence-corrected chi connectivity index (χ3v) is 6.66. The molecule has 2 rings (SSSR count). The molecule has 0 aromatic heterocycles. The molecule has 0 N–H and O–H groups in total. The molecule has 0 spiro atoms. The second-order valence-corrected chi connectivity index (χ2v) is 9.41. The van der Waals surface area contributed by atoms with Crippen LogP contribution in [0.2, 0.25) is 0 Å². The van der Waals surface area contributed by atoms with Gasteiger partial charge in [-0.05, 0) is 12.3 Å². The highest BCUT2D eigenvalue weighted by Gasteiger charge is 2.26.